The Bertz CT molecular complexity index is 603. The van der Waals surface area contributed by atoms with Crippen LogP contribution in [0.3, 0.4) is 0 Å². The third-order valence-electron chi connectivity index (χ3n) is 2.36. The molecular formula is C11H10N4O2. The van der Waals surface area contributed by atoms with Gasteiger partial charge >= 0.3 is 0 Å². The van der Waals surface area contributed by atoms with Crippen LogP contribution >= 0.6 is 0 Å². The van der Waals surface area contributed by atoms with Gasteiger partial charge in [0.1, 0.15) is 17.5 Å². The first kappa shape index (κ1) is 11.0. The number of rotatable bonds is 2. The maximum absolute atomic E-state index is 11.9. The molecule has 0 aliphatic carbocycles. The Hall–Kier alpha value is -2.55. The van der Waals surface area contributed by atoms with Gasteiger partial charge < -0.3 is 9.73 Å². The van der Waals surface area contributed by atoms with E-state index in [4.69, 9.17) is 9.68 Å². The molecule has 0 atom stereocenters. The normalized spacial score (nSPS) is 9.94. The Labute approximate surface area is 97.5 Å². The summed E-state index contributed by atoms with van der Waals surface area (Å²) in [5.74, 6) is 0.191. The summed E-state index contributed by atoms with van der Waals surface area (Å²) < 4.78 is 6.49. The molecule has 86 valence electrons. The second kappa shape index (κ2) is 4.14. The standard InChI is InChI=1S/C11H10N4O2/c1-7-3-4-17-9(7)11(16)14-10-8(5-12)6-13-15(10)2/h3-4,6H,1-2H3,(H,14,16). The van der Waals surface area contributed by atoms with Crippen molar-refractivity contribution >= 4 is 11.7 Å². The minimum absolute atomic E-state index is 0.232. The summed E-state index contributed by atoms with van der Waals surface area (Å²) in [7, 11) is 1.64. The highest BCUT2D eigenvalue weighted by molar-refractivity contribution is 6.03. The number of anilines is 1. The van der Waals surface area contributed by atoms with E-state index in [0.29, 0.717) is 11.4 Å². The van der Waals surface area contributed by atoms with Crippen molar-refractivity contribution in [3.05, 3.63) is 35.4 Å². The predicted octanol–water partition coefficient (Wildman–Crippen LogP) is 1.45. The number of aromatic nitrogens is 2. The second-order valence-corrected chi connectivity index (χ2v) is 3.53. The monoisotopic (exact) mass is 230 g/mol. The van der Waals surface area contributed by atoms with Crippen LogP contribution in [0.5, 0.6) is 0 Å². The van der Waals surface area contributed by atoms with E-state index in [1.807, 2.05) is 6.07 Å². The van der Waals surface area contributed by atoms with Crippen LogP contribution < -0.4 is 5.32 Å². The van der Waals surface area contributed by atoms with Crippen LogP contribution in [0, 0.1) is 18.3 Å². The minimum atomic E-state index is -0.396. The zero-order valence-electron chi connectivity index (χ0n) is 9.39. The summed E-state index contributed by atoms with van der Waals surface area (Å²) in [4.78, 5) is 11.9. The number of carbonyl (C=O) groups excluding carboxylic acids is 1. The van der Waals surface area contributed by atoms with Crippen molar-refractivity contribution in [1.82, 2.24) is 9.78 Å². The van der Waals surface area contributed by atoms with Gasteiger partial charge in [-0.2, -0.15) is 10.4 Å². The number of hydrogen-bond acceptors (Lipinski definition) is 4. The third-order valence-corrected chi connectivity index (χ3v) is 2.36. The minimum Gasteiger partial charge on any atom is -0.459 e. The number of hydrogen-bond donors (Lipinski definition) is 1. The van der Waals surface area contributed by atoms with Crippen molar-refractivity contribution in [2.24, 2.45) is 7.05 Å². The Kier molecular flexibility index (Phi) is 2.66. The summed E-state index contributed by atoms with van der Waals surface area (Å²) in [6.45, 7) is 1.77. The summed E-state index contributed by atoms with van der Waals surface area (Å²) in [5, 5.41) is 15.3. The van der Waals surface area contributed by atoms with Gasteiger partial charge in [0.05, 0.1) is 12.5 Å². The lowest BCUT2D eigenvalue weighted by Crippen LogP contribution is -2.15. The molecule has 0 bridgehead atoms. The molecule has 0 saturated carbocycles. The summed E-state index contributed by atoms with van der Waals surface area (Å²) in [6.07, 6.45) is 2.84. The van der Waals surface area contributed by atoms with E-state index >= 15 is 0 Å². The Morgan fingerprint density at radius 1 is 1.65 bits per heavy atom. The maximum atomic E-state index is 11.9. The lowest BCUT2D eigenvalue weighted by atomic mass is 10.2. The first-order valence-electron chi connectivity index (χ1n) is 4.91. The lowest BCUT2D eigenvalue weighted by molar-refractivity contribution is 0.0995. The Balaban J connectivity index is 2.28. The van der Waals surface area contributed by atoms with Crippen LogP contribution in [0.4, 0.5) is 5.82 Å². The van der Waals surface area contributed by atoms with E-state index in [-0.39, 0.29) is 5.76 Å². The summed E-state index contributed by atoms with van der Waals surface area (Å²) in [5.41, 5.74) is 1.05. The van der Waals surface area contributed by atoms with Gasteiger partial charge in [0, 0.05) is 12.6 Å². The van der Waals surface area contributed by atoms with Gasteiger partial charge in [-0.1, -0.05) is 0 Å². The first-order chi connectivity index (χ1) is 8.13. The molecule has 17 heavy (non-hydrogen) atoms. The molecule has 1 N–H and O–H groups in total. The largest absolute Gasteiger partial charge is 0.459 e. The molecule has 6 heteroatoms. The summed E-state index contributed by atoms with van der Waals surface area (Å²) in [6, 6.07) is 3.65. The van der Waals surface area contributed by atoms with Gasteiger partial charge in [0.2, 0.25) is 0 Å². The number of aryl methyl sites for hydroxylation is 2. The van der Waals surface area contributed by atoms with Crippen LogP contribution in [0.15, 0.2) is 22.9 Å². The second-order valence-electron chi connectivity index (χ2n) is 3.53. The van der Waals surface area contributed by atoms with Crippen LogP contribution in [0.25, 0.3) is 0 Å². The fourth-order valence-electron chi connectivity index (χ4n) is 1.44. The molecule has 1 amide bonds. The number of nitrogens with one attached hydrogen (secondary N) is 1. The number of amides is 1. The van der Waals surface area contributed by atoms with Gasteiger partial charge in [-0.15, -0.1) is 0 Å². The van der Waals surface area contributed by atoms with Crippen LogP contribution in [-0.4, -0.2) is 15.7 Å². The van der Waals surface area contributed by atoms with Crippen molar-refractivity contribution in [3.8, 4) is 6.07 Å². The molecule has 2 aromatic heterocycles. The summed E-state index contributed by atoms with van der Waals surface area (Å²) >= 11 is 0. The average Bonchev–Trinajstić information content (AvgIpc) is 2.87. The Morgan fingerprint density at radius 2 is 2.41 bits per heavy atom. The molecule has 2 aromatic rings. The zero-order valence-corrected chi connectivity index (χ0v) is 9.39. The van der Waals surface area contributed by atoms with Crippen LogP contribution in [0.2, 0.25) is 0 Å². The van der Waals surface area contributed by atoms with Crippen molar-refractivity contribution in [1.29, 1.82) is 5.26 Å². The molecule has 0 saturated heterocycles. The predicted molar refractivity (Wildman–Crippen MR) is 59.3 cm³/mol. The zero-order chi connectivity index (χ0) is 12.4. The van der Waals surface area contributed by atoms with E-state index in [9.17, 15) is 4.79 Å². The Morgan fingerprint density at radius 3 is 3.00 bits per heavy atom. The van der Waals surface area contributed by atoms with Gasteiger partial charge in [-0.3, -0.25) is 9.48 Å². The third kappa shape index (κ3) is 1.90. The fraction of sp³-hybridized carbons (Fsp3) is 0.182. The number of carbonyl (C=O) groups is 1. The fourth-order valence-corrected chi connectivity index (χ4v) is 1.44. The highest BCUT2D eigenvalue weighted by atomic mass is 16.3. The van der Waals surface area contributed by atoms with E-state index < -0.39 is 5.91 Å². The molecular weight excluding hydrogens is 220 g/mol. The smallest absolute Gasteiger partial charge is 0.292 e. The maximum Gasteiger partial charge on any atom is 0.292 e. The quantitative estimate of drug-likeness (QED) is 0.846. The van der Waals surface area contributed by atoms with Gasteiger partial charge in [0.25, 0.3) is 5.91 Å². The lowest BCUT2D eigenvalue weighted by Gasteiger charge is -2.04. The average molecular weight is 230 g/mol. The molecule has 2 heterocycles. The molecule has 0 fully saturated rings. The van der Waals surface area contributed by atoms with Crippen molar-refractivity contribution in [2.45, 2.75) is 6.92 Å². The number of nitrogens with zero attached hydrogens (tertiary/aromatic N) is 3. The first-order valence-corrected chi connectivity index (χ1v) is 4.91. The van der Waals surface area contributed by atoms with Crippen molar-refractivity contribution in [3.63, 3.8) is 0 Å². The molecule has 6 nitrogen and oxygen atoms in total. The molecule has 0 radical (unpaired) electrons. The molecule has 0 spiro atoms. The SMILES string of the molecule is Cc1ccoc1C(=O)Nc1c(C#N)cnn1C. The van der Waals surface area contributed by atoms with Gasteiger partial charge in [0.15, 0.2) is 5.76 Å². The highest BCUT2D eigenvalue weighted by Crippen LogP contribution is 2.16. The van der Waals surface area contributed by atoms with Crippen LogP contribution in [0.1, 0.15) is 21.7 Å². The van der Waals surface area contributed by atoms with Crippen molar-refractivity contribution in [2.75, 3.05) is 5.32 Å². The van der Waals surface area contributed by atoms with E-state index in [0.717, 1.165) is 5.56 Å². The molecule has 0 unspecified atom stereocenters. The van der Waals surface area contributed by atoms with Gasteiger partial charge in [-0.05, 0) is 13.0 Å². The molecule has 0 aliphatic heterocycles. The molecule has 0 aliphatic rings. The molecule has 0 aromatic carbocycles. The van der Waals surface area contributed by atoms with Crippen LogP contribution in [-0.2, 0) is 7.05 Å². The topological polar surface area (TPSA) is 83.8 Å². The van der Waals surface area contributed by atoms with E-state index in [1.165, 1.54) is 17.1 Å². The number of nitriles is 1. The highest BCUT2D eigenvalue weighted by Gasteiger charge is 2.16. The van der Waals surface area contributed by atoms with Gasteiger partial charge in [-0.25, -0.2) is 0 Å². The number of furan rings is 1. The molecule has 2 rings (SSSR count). The van der Waals surface area contributed by atoms with Crippen molar-refractivity contribution < 1.29 is 9.21 Å². The van der Waals surface area contributed by atoms with E-state index in [2.05, 4.69) is 10.4 Å². The van der Waals surface area contributed by atoms with E-state index in [1.54, 1.807) is 20.0 Å².